The number of halogens is 1. The van der Waals surface area contributed by atoms with Crippen molar-refractivity contribution in [1.82, 2.24) is 10.2 Å². The summed E-state index contributed by atoms with van der Waals surface area (Å²) < 4.78 is 17.8. The van der Waals surface area contributed by atoms with E-state index in [0.717, 1.165) is 16.8 Å². The van der Waals surface area contributed by atoms with E-state index < -0.39 is 11.9 Å². The Kier molecular flexibility index (Phi) is 13.1. The van der Waals surface area contributed by atoms with Crippen molar-refractivity contribution >= 4 is 41.6 Å². The molecule has 0 aromatic heterocycles. The topological polar surface area (TPSA) is 141 Å². The van der Waals surface area contributed by atoms with Crippen molar-refractivity contribution in [2.45, 2.75) is 65.8 Å². The zero-order valence-electron chi connectivity index (χ0n) is 28.4. The molecule has 0 bridgehead atoms. The molecule has 2 heterocycles. The largest absolute Gasteiger partial charge is 0.493 e. The van der Waals surface area contributed by atoms with Crippen LogP contribution < -0.4 is 19.7 Å². The van der Waals surface area contributed by atoms with E-state index in [1.165, 1.54) is 0 Å². The fourth-order valence-corrected chi connectivity index (χ4v) is 5.94. The summed E-state index contributed by atoms with van der Waals surface area (Å²) in [5.41, 5.74) is 3.67. The number of amidine groups is 1. The van der Waals surface area contributed by atoms with Crippen LogP contribution in [0.25, 0.3) is 0 Å². The average Bonchev–Trinajstić information content (AvgIpc) is 3.33. The monoisotopic (exact) mass is 672 g/mol. The van der Waals surface area contributed by atoms with Gasteiger partial charge in [-0.05, 0) is 61.4 Å². The van der Waals surface area contributed by atoms with Crippen LogP contribution in [0.5, 0.6) is 11.5 Å². The summed E-state index contributed by atoms with van der Waals surface area (Å²) in [5.74, 6) is -0.267. The summed E-state index contributed by atoms with van der Waals surface area (Å²) in [5, 5.41) is 21.0. The number of rotatable bonds is 14. The molecule has 0 aliphatic carbocycles. The second-order valence-corrected chi connectivity index (χ2v) is 12.8. The van der Waals surface area contributed by atoms with Crippen LogP contribution in [-0.2, 0) is 21.5 Å². The summed E-state index contributed by atoms with van der Waals surface area (Å²) in [4.78, 5) is 41.9. The zero-order chi connectivity index (χ0) is 33.6. The molecule has 2 aliphatic rings. The molecule has 11 nitrogen and oxygen atoms in total. The number of hydrogen-bond donors (Lipinski definition) is 3. The first-order chi connectivity index (χ1) is 21.9. The molecule has 12 heteroatoms. The highest BCUT2D eigenvalue weighted by Gasteiger charge is 2.32. The first-order valence-electron chi connectivity index (χ1n) is 16.1. The molecule has 47 heavy (non-hydrogen) atoms. The molecule has 3 N–H and O–H groups in total. The van der Waals surface area contributed by atoms with Crippen LogP contribution in [0.3, 0.4) is 0 Å². The third-order valence-electron chi connectivity index (χ3n) is 8.58. The maximum absolute atomic E-state index is 14.0. The second-order valence-electron chi connectivity index (χ2n) is 12.8. The van der Waals surface area contributed by atoms with E-state index in [2.05, 4.69) is 31.0 Å². The molecular weight excluding hydrogens is 624 g/mol. The van der Waals surface area contributed by atoms with Gasteiger partial charge in [0.25, 0.3) is 5.91 Å². The standard InChI is InChI=1S/C35H48N4O7.ClH/c1-7-22(34(42)43)10-9-13-46-31-27(35(3,4)5)16-23(17-28(31)38-11-14-44-15-12-38)29(40)21-39-20-24-18-30(45-8-2)26(33(41)37-6)19-25(24)32(39)36;/h16-19,22,36H,7-15,20-21H2,1-6H3,(H,37,41)(H,42,43);1H. The first-order valence-corrected chi connectivity index (χ1v) is 16.1. The molecule has 2 aromatic carbocycles. The van der Waals surface area contributed by atoms with Gasteiger partial charge in [-0.2, -0.15) is 0 Å². The van der Waals surface area contributed by atoms with Crippen LogP contribution in [0.4, 0.5) is 5.69 Å². The van der Waals surface area contributed by atoms with Gasteiger partial charge in [0.15, 0.2) is 5.78 Å². The van der Waals surface area contributed by atoms with Crippen molar-refractivity contribution in [3.8, 4) is 11.5 Å². The van der Waals surface area contributed by atoms with Crippen molar-refractivity contribution in [2.75, 3.05) is 58.0 Å². The minimum Gasteiger partial charge on any atom is -0.493 e. The Morgan fingerprint density at radius 1 is 1.09 bits per heavy atom. The Hall–Kier alpha value is -3.83. The van der Waals surface area contributed by atoms with Crippen LogP contribution in [0, 0.1) is 11.3 Å². The van der Waals surface area contributed by atoms with Gasteiger partial charge < -0.3 is 34.4 Å². The van der Waals surface area contributed by atoms with Crippen LogP contribution in [0.15, 0.2) is 24.3 Å². The lowest BCUT2D eigenvalue weighted by Crippen LogP contribution is -2.37. The lowest BCUT2D eigenvalue weighted by Gasteiger charge is -2.34. The smallest absolute Gasteiger partial charge is 0.306 e. The van der Waals surface area contributed by atoms with E-state index in [4.69, 9.17) is 19.6 Å². The van der Waals surface area contributed by atoms with Crippen LogP contribution in [0.2, 0.25) is 0 Å². The van der Waals surface area contributed by atoms with Crippen LogP contribution in [0.1, 0.15) is 91.3 Å². The van der Waals surface area contributed by atoms with Crippen molar-refractivity contribution in [2.24, 2.45) is 5.92 Å². The molecule has 258 valence electrons. The van der Waals surface area contributed by atoms with Crippen molar-refractivity contribution in [3.05, 3.63) is 52.1 Å². The summed E-state index contributed by atoms with van der Waals surface area (Å²) in [6.45, 7) is 13.5. The predicted molar refractivity (Wildman–Crippen MR) is 184 cm³/mol. The molecule has 2 aliphatic heterocycles. The number of carbonyl (C=O) groups excluding carboxylic acids is 2. The number of anilines is 1. The molecule has 0 radical (unpaired) electrons. The maximum atomic E-state index is 14.0. The lowest BCUT2D eigenvalue weighted by atomic mass is 9.84. The number of ether oxygens (including phenoxy) is 3. The van der Waals surface area contributed by atoms with Gasteiger partial charge in [0.05, 0.1) is 50.1 Å². The number of amides is 1. The number of carboxylic acids is 1. The minimum atomic E-state index is -0.787. The normalized spacial score (nSPS) is 15.1. The molecule has 1 saturated heterocycles. The lowest BCUT2D eigenvalue weighted by molar-refractivity contribution is -0.142. The van der Waals surface area contributed by atoms with Gasteiger partial charge in [0.2, 0.25) is 0 Å². The first kappa shape index (κ1) is 37.6. The minimum absolute atomic E-state index is 0. The van der Waals surface area contributed by atoms with E-state index in [9.17, 15) is 19.5 Å². The number of hydrogen-bond acceptors (Lipinski definition) is 8. The number of nitrogens with zero attached hydrogens (tertiary/aromatic N) is 2. The molecule has 0 saturated carbocycles. The number of aliphatic carboxylic acids is 1. The molecule has 0 spiro atoms. The quantitative estimate of drug-likeness (QED) is 0.180. The number of morpholine rings is 1. The van der Waals surface area contributed by atoms with Crippen molar-refractivity contribution in [3.63, 3.8) is 0 Å². The zero-order valence-corrected chi connectivity index (χ0v) is 29.2. The maximum Gasteiger partial charge on any atom is 0.306 e. The van der Waals surface area contributed by atoms with E-state index >= 15 is 0 Å². The highest BCUT2D eigenvalue weighted by atomic mass is 35.5. The van der Waals surface area contributed by atoms with E-state index in [0.29, 0.717) is 93.5 Å². The van der Waals surface area contributed by atoms with Crippen molar-refractivity contribution < 1.29 is 33.7 Å². The third kappa shape index (κ3) is 8.75. The van der Waals surface area contributed by atoms with Crippen LogP contribution >= 0.6 is 12.4 Å². The van der Waals surface area contributed by atoms with Gasteiger partial charge >= 0.3 is 5.97 Å². The highest BCUT2D eigenvalue weighted by Crippen LogP contribution is 2.41. The van der Waals surface area contributed by atoms with Gasteiger partial charge in [-0.1, -0.05) is 27.7 Å². The average molecular weight is 673 g/mol. The third-order valence-corrected chi connectivity index (χ3v) is 8.58. The number of benzene rings is 2. The fourth-order valence-electron chi connectivity index (χ4n) is 5.94. The van der Waals surface area contributed by atoms with Gasteiger partial charge in [-0.3, -0.25) is 19.8 Å². The molecule has 1 atom stereocenters. The molecule has 2 aromatic rings. The van der Waals surface area contributed by atoms with E-state index in [1.54, 1.807) is 24.1 Å². The van der Waals surface area contributed by atoms with E-state index in [-0.39, 0.29) is 41.9 Å². The Morgan fingerprint density at radius 3 is 2.38 bits per heavy atom. The Labute approximate surface area is 283 Å². The molecule has 1 amide bonds. The Bertz CT molecular complexity index is 1470. The number of carbonyl (C=O) groups is 3. The summed E-state index contributed by atoms with van der Waals surface area (Å²) >= 11 is 0. The summed E-state index contributed by atoms with van der Waals surface area (Å²) in [6, 6.07) is 7.25. The van der Waals surface area contributed by atoms with Gasteiger partial charge in [0.1, 0.15) is 17.3 Å². The highest BCUT2D eigenvalue weighted by molar-refractivity contribution is 6.08. The predicted octanol–water partition coefficient (Wildman–Crippen LogP) is 5.29. The van der Waals surface area contributed by atoms with Gasteiger partial charge in [-0.15, -0.1) is 12.4 Å². The number of nitrogens with one attached hydrogen (secondary N) is 2. The number of fused-ring (bicyclic) bond motifs is 1. The SMILES string of the molecule is CCOc1cc2c(cc1C(=O)NC)C(=N)N(CC(=O)c1cc(N3CCOCC3)c(OCCCC(CC)C(=O)O)c(C(C)(C)C)c1)C2.Cl. The molecular formula is C35H49ClN4O7. The van der Waals surface area contributed by atoms with Gasteiger partial charge in [0, 0.05) is 43.4 Å². The number of Topliss-reactive ketones (excluding diaryl/α,β-unsaturated/α-hetero) is 1. The van der Waals surface area contributed by atoms with Gasteiger partial charge in [-0.25, -0.2) is 0 Å². The number of carboxylic acid groups (broad SMARTS) is 1. The van der Waals surface area contributed by atoms with E-state index in [1.807, 2.05) is 26.0 Å². The Balaban J connectivity index is 0.00000600. The Morgan fingerprint density at radius 2 is 1.79 bits per heavy atom. The second kappa shape index (κ2) is 16.3. The summed E-state index contributed by atoms with van der Waals surface area (Å²) in [6.07, 6.45) is 1.70. The molecule has 1 fully saturated rings. The fraction of sp³-hybridized carbons (Fsp3) is 0.543. The molecule has 4 rings (SSSR count). The van der Waals surface area contributed by atoms with Crippen molar-refractivity contribution in [1.29, 1.82) is 5.41 Å². The van der Waals surface area contributed by atoms with Crippen LogP contribution in [-0.4, -0.2) is 86.6 Å². The number of ketones is 1. The molecule has 1 unspecified atom stereocenters. The summed E-state index contributed by atoms with van der Waals surface area (Å²) in [7, 11) is 1.55.